The number of phenolic OH excluding ortho intramolecular Hbond substituents is 4. The van der Waals surface area contributed by atoms with Crippen LogP contribution in [0.15, 0.2) is 115 Å². The number of carbonyl (C=O) groups excluding carboxylic acids is 8. The number of hydrogen-bond donors (Lipinski definition) is 22. The van der Waals surface area contributed by atoms with E-state index in [-0.39, 0.29) is 79.4 Å². The molecule has 0 spiro atoms. The van der Waals surface area contributed by atoms with Crippen molar-refractivity contribution >= 4 is 70.5 Å². The van der Waals surface area contributed by atoms with E-state index in [1.54, 1.807) is 0 Å². The van der Waals surface area contributed by atoms with Gasteiger partial charge in [-0.3, -0.25) is 38.4 Å². The van der Waals surface area contributed by atoms with Crippen molar-refractivity contribution in [2.75, 3.05) is 52.5 Å². The molecule has 0 aromatic heterocycles. The van der Waals surface area contributed by atoms with E-state index in [1.165, 1.54) is 60.7 Å². The molecule has 40 heteroatoms. The van der Waals surface area contributed by atoms with E-state index in [4.69, 9.17) is 73.6 Å². The summed E-state index contributed by atoms with van der Waals surface area (Å²) in [6.07, 6.45) is -13.0. The number of benzene rings is 7. The Morgan fingerprint density at radius 2 is 1.06 bits per heavy atom. The number of rotatable bonds is 25. The molecule has 7 aromatic rings. The summed E-state index contributed by atoms with van der Waals surface area (Å²) in [7, 11) is 0. The molecule has 8 amide bonds. The molecule has 129 heavy (non-hydrogen) atoms. The molecular weight excluding hydrogens is 1720 g/mol. The molecule has 15 rings (SSSR count). The number of nitrogens with zero attached hydrogens (tertiary/aromatic N) is 1. The Hall–Kier alpha value is -11.4. The summed E-state index contributed by atoms with van der Waals surface area (Å²) in [5.41, 5.74) is 16.5. The fourth-order valence-electron chi connectivity index (χ4n) is 16.2. The number of halogens is 2. The highest BCUT2D eigenvalue weighted by Gasteiger charge is 2.50. The second kappa shape index (κ2) is 42.4. The van der Waals surface area contributed by atoms with Gasteiger partial charge in [0.1, 0.15) is 131 Å². The Balaban J connectivity index is 1.03. The maximum Gasteiger partial charge on any atom is 0.248 e. The number of hydrogen-bond acceptors (Lipinski definition) is 30. The second-order valence-electron chi connectivity index (χ2n) is 33.0. The van der Waals surface area contributed by atoms with E-state index in [1.807, 2.05) is 0 Å². The third kappa shape index (κ3) is 22.5. The van der Waals surface area contributed by atoms with Crippen molar-refractivity contribution in [3.63, 3.8) is 0 Å². The first-order valence-electron chi connectivity index (χ1n) is 42.5. The average Bonchev–Trinajstić information content (AvgIpc) is 0.760. The third-order valence-corrected chi connectivity index (χ3v) is 23.7. The van der Waals surface area contributed by atoms with Gasteiger partial charge in [-0.25, -0.2) is 0 Å². The zero-order valence-electron chi connectivity index (χ0n) is 70.3. The molecule has 2 fully saturated rings. The first-order chi connectivity index (χ1) is 61.8. The van der Waals surface area contributed by atoms with Crippen molar-refractivity contribution in [3.05, 3.63) is 164 Å². The molecule has 25 N–H and O–H groups in total. The molecule has 8 aliphatic rings. The average molecular weight is 1830 g/mol. The highest BCUT2D eigenvalue weighted by Crippen LogP contribution is 2.50. The van der Waals surface area contributed by atoms with E-state index in [0.717, 1.165) is 73.9 Å². The lowest BCUT2D eigenvalue weighted by molar-refractivity contribution is -0.277. The summed E-state index contributed by atoms with van der Waals surface area (Å²) in [6, 6.07) is 7.19. The fourth-order valence-corrected chi connectivity index (χ4v) is 16.6. The minimum absolute atomic E-state index is 0.0681. The maximum absolute atomic E-state index is 16.8. The van der Waals surface area contributed by atoms with Crippen LogP contribution in [0.3, 0.4) is 0 Å². The summed E-state index contributed by atoms with van der Waals surface area (Å²) in [5, 5.41) is 147. The van der Waals surface area contributed by atoms with Gasteiger partial charge < -0.3 is 154 Å². The quantitative estimate of drug-likeness (QED) is 0.0366. The number of unbranched alkanes of at least 4 members (excludes halogenated alkanes) is 3. The van der Waals surface area contributed by atoms with Gasteiger partial charge in [-0.15, -0.1) is 0 Å². The first-order valence-corrected chi connectivity index (χ1v) is 43.2. The predicted octanol–water partition coefficient (Wildman–Crippen LogP) is 2.98. The van der Waals surface area contributed by atoms with Gasteiger partial charge in [0.25, 0.3) is 0 Å². The topological polar surface area (TPSA) is 601 Å². The van der Waals surface area contributed by atoms with Crippen LogP contribution in [0.25, 0.3) is 11.1 Å². The van der Waals surface area contributed by atoms with Crippen LogP contribution in [0.1, 0.15) is 141 Å². The van der Waals surface area contributed by atoms with E-state index >= 15 is 28.8 Å². The molecule has 7 aromatic carbocycles. The first kappa shape index (κ1) is 95.2. The largest absolute Gasteiger partial charge is 0.508 e. The Bertz CT molecular complexity index is 5280. The monoisotopic (exact) mass is 1830 g/mol. The van der Waals surface area contributed by atoms with Crippen molar-refractivity contribution in [2.45, 2.75) is 188 Å². The van der Waals surface area contributed by atoms with Gasteiger partial charge in [-0.2, -0.15) is 0 Å². The molecule has 8 aliphatic heterocycles. The van der Waals surface area contributed by atoms with Gasteiger partial charge in [0.2, 0.25) is 65.6 Å². The number of amides is 8. The van der Waals surface area contributed by atoms with Crippen LogP contribution in [0, 0.1) is 5.92 Å². The molecule has 2 saturated heterocycles. The lowest BCUT2D eigenvalue weighted by Crippen LogP contribution is -2.65. The van der Waals surface area contributed by atoms with Crippen LogP contribution in [-0.2, 0) is 60.7 Å². The van der Waals surface area contributed by atoms with E-state index in [2.05, 4.69) is 61.3 Å². The number of aromatic hydroxyl groups is 4. The molecule has 0 saturated carbocycles. The highest BCUT2D eigenvalue weighted by atomic mass is 35.5. The Morgan fingerprint density at radius 1 is 0.519 bits per heavy atom. The van der Waals surface area contributed by atoms with Gasteiger partial charge in [0.15, 0.2) is 23.0 Å². The van der Waals surface area contributed by atoms with Gasteiger partial charge in [-0.05, 0) is 182 Å². The fraction of sp³-hybridized carbons (Fsp3) is 0.438. The Kier molecular flexibility index (Phi) is 31.3. The number of nitrogens with two attached hydrogens (primary N) is 3. The Morgan fingerprint density at radius 3 is 1.68 bits per heavy atom. The molecule has 0 aliphatic carbocycles. The van der Waals surface area contributed by atoms with E-state index < -0.39 is 240 Å². The summed E-state index contributed by atoms with van der Waals surface area (Å²) >= 11 is 14.6. The van der Waals surface area contributed by atoms with Gasteiger partial charge in [0, 0.05) is 49.1 Å². The number of aliphatic hydroxyl groups is 7. The molecule has 0 radical (unpaired) electrons. The van der Waals surface area contributed by atoms with Crippen molar-refractivity contribution in [2.24, 2.45) is 23.1 Å². The van der Waals surface area contributed by atoms with Gasteiger partial charge >= 0.3 is 0 Å². The molecule has 8 heterocycles. The summed E-state index contributed by atoms with van der Waals surface area (Å²) in [6.45, 7) is 4.62. The zero-order chi connectivity index (χ0) is 92.3. The normalized spacial score (nSPS) is 25.2. The smallest absolute Gasteiger partial charge is 0.248 e. The second-order valence-corrected chi connectivity index (χ2v) is 33.8. The number of carbonyl (C=O) groups is 8. The minimum atomic E-state index is -2.36. The van der Waals surface area contributed by atoms with Crippen molar-refractivity contribution in [3.8, 4) is 80.1 Å². The molecule has 17 atom stereocenters. The molecule has 38 nitrogen and oxygen atoms in total. The van der Waals surface area contributed by atoms with Crippen molar-refractivity contribution in [1.82, 2.24) is 47.4 Å². The molecule has 17 bridgehead atoms. The van der Waals surface area contributed by atoms with E-state index in [0.29, 0.717) is 70.7 Å². The predicted molar refractivity (Wildman–Crippen MR) is 461 cm³/mol. The lowest BCUT2D eigenvalue weighted by Gasteiger charge is -2.42. The maximum atomic E-state index is 16.8. The van der Waals surface area contributed by atoms with Gasteiger partial charge in [-0.1, -0.05) is 87.0 Å². The number of nitrogens with one attached hydrogen (secondary N) is 8. The van der Waals surface area contributed by atoms with Crippen LogP contribution in [-0.4, -0.2) is 234 Å². The zero-order valence-corrected chi connectivity index (χ0v) is 71.8. The Labute approximate surface area is 749 Å². The number of fused-ring (bicyclic) bond motifs is 14. The summed E-state index contributed by atoms with van der Waals surface area (Å²) in [5.74, 6) is -14.3. The molecule has 692 valence electrons. The van der Waals surface area contributed by atoms with Crippen LogP contribution in [0.5, 0.6) is 69.0 Å². The van der Waals surface area contributed by atoms with Crippen LogP contribution in [0.2, 0.25) is 10.0 Å². The number of aliphatic hydroxyl groups excluding tert-OH is 7. The number of ether oxygens (including phenoxy) is 7. The summed E-state index contributed by atoms with van der Waals surface area (Å²) in [4.78, 5) is 127. The highest BCUT2D eigenvalue weighted by molar-refractivity contribution is 6.32. The van der Waals surface area contributed by atoms with Crippen LogP contribution >= 0.6 is 23.2 Å². The van der Waals surface area contributed by atoms with Crippen molar-refractivity contribution in [1.29, 1.82) is 0 Å². The molecule has 0 unspecified atom stereocenters. The van der Waals surface area contributed by atoms with E-state index in [9.17, 15) is 65.8 Å². The minimum Gasteiger partial charge on any atom is -0.508 e. The lowest BCUT2D eigenvalue weighted by atomic mass is 9.89. The SMILES string of the molecule is CC(C)CCCCCCC(=O)N[C@H]1[C@H](Oc2c3cc4cc2Oc2ccc(cc2Cl)C[C@H]2NC(=O)[C@H](N)c5ccc(O)c(c5)Oc5cc(O)cc(c5)[C@H](NC2=O)C(=O)N[C@H]4C(=O)N[C@H]2C(=O)N[C@@H](Cc4ccc(c(Cl)c4)O3)C(=O)N[C@@H](C(=O)NCCCN(CCCN)CCCN)c3cc(O)cc(O[C@H]4O[C@H](CO)[C@@H](O)[C@H](O)[C@@H]4O)c3-c3cc2ccc3O)O[C@H](CO)[C@@H](O)[C@@H]1O. The standard InChI is InChI=1S/C89H106Cl2N12O26/c1-41(2)10-5-3-4-6-11-67(110)98-74-77(113)75(111)65(39-104)127-88(74)129-80-63-34-47-35-64(80)125-60-19-13-43(27-54(60)91)29-56-82(117)102-73(84(119)95-22-9-25-103(23-7-20-92)24-8-21-93)52-37-49(107)38-62(126-89-79(115)78(114)76(112)66(40-105)128-89)68(52)51-32-45(15-16-57(51)108)70(85(120)97-56)100-87(122)72(47)101-86(121)71-46-30-48(106)36-50(31-46)123-61-33-44(14-17-58(61)109)69(94)83(118)96-55(81(116)99-71)28-42-12-18-59(124-63)53(90)26-42/h12-19,26-27,30-38,41,55-56,65-66,69-79,88-89,104-109,111-115H,3-11,20-25,28-29,39-40,92-94H2,1-2H3,(H,95,119)(H,96,118)(H,97,120)(H,98,110)(H,99,116)(H,100,122)(H,101,121)(H,102,117)/t55-,56+,65-,66-,69-,70-,71+,72-,73-,74-,75-,76-,77-,78+,79+,88+,89+/m1/s1. The summed E-state index contributed by atoms with van der Waals surface area (Å²) < 4.78 is 45.0. The number of phenols is 4. The molecular formula is C89H106Cl2N12O26. The van der Waals surface area contributed by atoms with Crippen LogP contribution in [0.4, 0.5) is 0 Å². The third-order valence-electron chi connectivity index (χ3n) is 23.1. The van der Waals surface area contributed by atoms with Crippen molar-refractivity contribution < 1.29 is 128 Å². The van der Waals surface area contributed by atoms with Gasteiger partial charge in [0.05, 0.1) is 23.3 Å². The van der Waals surface area contributed by atoms with Crippen LogP contribution < -0.4 is 83.4 Å².